The number of aryl methyl sites for hydroxylation is 1. The first-order valence-electron chi connectivity index (χ1n) is 5.15. The molecule has 2 rings (SSSR count). The molecule has 0 spiro atoms. The fraction of sp³-hybridized carbons (Fsp3) is 0.100. The van der Waals surface area contributed by atoms with Crippen LogP contribution < -0.4 is 4.72 Å². The summed E-state index contributed by atoms with van der Waals surface area (Å²) in [5.74, 6) is -2.12. The molecule has 10 heteroatoms. The standard InChI is InChI=1S/C10H8FN3O4S2/c1-5-12-10(19-13-5)14-20(17,18)8-3-2-6(9(15)16)4-7(8)11/h2-4H,1H3,(H,15,16)(H,12,13,14). The van der Waals surface area contributed by atoms with Gasteiger partial charge in [-0.3, -0.25) is 4.72 Å². The number of sulfonamides is 1. The number of nitrogens with zero attached hydrogens (tertiary/aromatic N) is 2. The molecule has 0 fully saturated rings. The van der Waals surface area contributed by atoms with Gasteiger partial charge in [0.2, 0.25) is 5.13 Å². The number of halogens is 1. The molecule has 0 amide bonds. The van der Waals surface area contributed by atoms with Gasteiger partial charge in [0.15, 0.2) is 0 Å². The van der Waals surface area contributed by atoms with Crippen molar-refractivity contribution in [2.24, 2.45) is 0 Å². The van der Waals surface area contributed by atoms with Crippen LogP contribution in [0.1, 0.15) is 16.2 Å². The normalized spacial score (nSPS) is 11.3. The highest BCUT2D eigenvalue weighted by Crippen LogP contribution is 2.21. The highest BCUT2D eigenvalue weighted by Gasteiger charge is 2.22. The molecule has 2 aromatic rings. The van der Waals surface area contributed by atoms with Crippen LogP contribution in [0.4, 0.5) is 9.52 Å². The number of hydrogen-bond donors (Lipinski definition) is 2. The van der Waals surface area contributed by atoms with E-state index in [1.807, 2.05) is 0 Å². The van der Waals surface area contributed by atoms with Gasteiger partial charge < -0.3 is 5.11 Å². The Hall–Kier alpha value is -2.07. The fourth-order valence-corrected chi connectivity index (χ4v) is 3.22. The molecule has 7 nitrogen and oxygen atoms in total. The molecule has 0 radical (unpaired) electrons. The second kappa shape index (κ2) is 5.13. The molecular formula is C10H8FN3O4S2. The maximum absolute atomic E-state index is 13.7. The van der Waals surface area contributed by atoms with Crippen LogP contribution in [0.25, 0.3) is 0 Å². The topological polar surface area (TPSA) is 109 Å². The van der Waals surface area contributed by atoms with Gasteiger partial charge in [-0.25, -0.2) is 22.6 Å². The van der Waals surface area contributed by atoms with Gasteiger partial charge in [0.05, 0.1) is 5.56 Å². The van der Waals surface area contributed by atoms with E-state index in [1.54, 1.807) is 6.92 Å². The second-order valence-corrected chi connectivity index (χ2v) is 6.11. The highest BCUT2D eigenvalue weighted by molar-refractivity contribution is 7.93. The molecule has 1 aromatic carbocycles. The molecule has 0 unspecified atom stereocenters. The van der Waals surface area contributed by atoms with Crippen LogP contribution in [0.5, 0.6) is 0 Å². The van der Waals surface area contributed by atoms with Gasteiger partial charge in [-0.2, -0.15) is 4.37 Å². The first-order valence-corrected chi connectivity index (χ1v) is 7.41. The van der Waals surface area contributed by atoms with Gasteiger partial charge in [0.25, 0.3) is 10.0 Å². The van der Waals surface area contributed by atoms with Crippen molar-refractivity contribution >= 4 is 32.7 Å². The van der Waals surface area contributed by atoms with Gasteiger partial charge in [0.1, 0.15) is 16.5 Å². The number of aromatic nitrogens is 2. The van der Waals surface area contributed by atoms with E-state index in [9.17, 15) is 17.6 Å². The van der Waals surface area contributed by atoms with Crippen molar-refractivity contribution in [1.82, 2.24) is 9.36 Å². The number of hydrogen-bond acceptors (Lipinski definition) is 6. The minimum Gasteiger partial charge on any atom is -0.478 e. The molecule has 0 aliphatic heterocycles. The number of carboxylic acid groups (broad SMARTS) is 1. The molecular weight excluding hydrogens is 309 g/mol. The summed E-state index contributed by atoms with van der Waals surface area (Å²) in [6.45, 7) is 1.58. The number of carbonyl (C=O) groups is 1. The molecule has 0 saturated heterocycles. The Morgan fingerprint density at radius 2 is 2.15 bits per heavy atom. The van der Waals surface area contributed by atoms with E-state index in [4.69, 9.17) is 5.11 Å². The lowest BCUT2D eigenvalue weighted by atomic mass is 10.2. The number of aromatic carboxylic acids is 1. The lowest BCUT2D eigenvalue weighted by molar-refractivity contribution is 0.0696. The monoisotopic (exact) mass is 317 g/mol. The molecule has 2 N–H and O–H groups in total. The third kappa shape index (κ3) is 2.91. The molecule has 0 aliphatic rings. The third-order valence-corrected chi connectivity index (χ3v) is 4.44. The van der Waals surface area contributed by atoms with Gasteiger partial charge in [-0.05, 0) is 25.1 Å². The summed E-state index contributed by atoms with van der Waals surface area (Å²) >= 11 is 0.817. The predicted octanol–water partition coefficient (Wildman–Crippen LogP) is 1.48. The van der Waals surface area contributed by atoms with Crippen LogP contribution in [0.3, 0.4) is 0 Å². The van der Waals surface area contributed by atoms with E-state index in [2.05, 4.69) is 14.1 Å². The quantitative estimate of drug-likeness (QED) is 0.884. The number of carboxylic acids is 1. The largest absolute Gasteiger partial charge is 0.478 e. The summed E-state index contributed by atoms with van der Waals surface area (Å²) in [7, 11) is -4.18. The molecule has 0 atom stereocenters. The van der Waals surface area contributed by atoms with Crippen LogP contribution in [-0.4, -0.2) is 28.9 Å². The number of anilines is 1. The van der Waals surface area contributed by atoms with E-state index in [1.165, 1.54) is 0 Å². The lowest BCUT2D eigenvalue weighted by Crippen LogP contribution is -2.15. The lowest BCUT2D eigenvalue weighted by Gasteiger charge is -2.06. The summed E-state index contributed by atoms with van der Waals surface area (Å²) in [4.78, 5) is 13.8. The van der Waals surface area contributed by atoms with E-state index in [-0.39, 0.29) is 10.7 Å². The Morgan fingerprint density at radius 3 is 2.65 bits per heavy atom. The maximum Gasteiger partial charge on any atom is 0.335 e. The van der Waals surface area contributed by atoms with Crippen molar-refractivity contribution < 1.29 is 22.7 Å². The summed E-state index contributed by atoms with van der Waals surface area (Å²) in [5, 5.41) is 8.70. The Morgan fingerprint density at radius 1 is 1.45 bits per heavy atom. The zero-order valence-electron chi connectivity index (χ0n) is 9.99. The summed E-state index contributed by atoms with van der Waals surface area (Å²) in [5.41, 5.74) is -0.340. The Labute approximate surface area is 117 Å². The Kier molecular flexibility index (Phi) is 3.68. The van der Waals surface area contributed by atoms with E-state index >= 15 is 0 Å². The fourth-order valence-electron chi connectivity index (χ4n) is 1.36. The van der Waals surface area contributed by atoms with Crippen LogP contribution in [-0.2, 0) is 10.0 Å². The summed E-state index contributed by atoms with van der Waals surface area (Å²) in [6, 6.07) is 2.53. The van der Waals surface area contributed by atoms with Gasteiger partial charge in [-0.15, -0.1) is 0 Å². The summed E-state index contributed by atoms with van der Waals surface area (Å²) in [6.07, 6.45) is 0. The van der Waals surface area contributed by atoms with E-state index in [0.29, 0.717) is 11.9 Å². The highest BCUT2D eigenvalue weighted by atomic mass is 32.2. The zero-order valence-corrected chi connectivity index (χ0v) is 11.6. The Bertz CT molecular complexity index is 773. The van der Waals surface area contributed by atoms with Crippen LogP contribution >= 0.6 is 11.5 Å². The van der Waals surface area contributed by atoms with Crippen molar-refractivity contribution in [3.63, 3.8) is 0 Å². The molecule has 20 heavy (non-hydrogen) atoms. The second-order valence-electron chi connectivity index (χ2n) is 3.70. The molecule has 1 heterocycles. The van der Waals surface area contributed by atoms with Crippen molar-refractivity contribution in [2.45, 2.75) is 11.8 Å². The predicted molar refractivity (Wildman–Crippen MR) is 68.8 cm³/mol. The minimum absolute atomic E-state index is 0.00390. The van der Waals surface area contributed by atoms with Crippen LogP contribution in [0, 0.1) is 12.7 Å². The van der Waals surface area contributed by atoms with Crippen molar-refractivity contribution in [1.29, 1.82) is 0 Å². The van der Waals surface area contributed by atoms with E-state index < -0.39 is 26.7 Å². The minimum atomic E-state index is -4.18. The van der Waals surface area contributed by atoms with Gasteiger partial charge in [0, 0.05) is 11.5 Å². The molecule has 106 valence electrons. The first-order chi connectivity index (χ1) is 9.29. The van der Waals surface area contributed by atoms with Crippen LogP contribution in [0.2, 0.25) is 0 Å². The average Bonchev–Trinajstić information content (AvgIpc) is 2.73. The SMILES string of the molecule is Cc1nsc(NS(=O)(=O)c2ccc(C(=O)O)cc2F)n1. The van der Waals surface area contributed by atoms with Gasteiger partial charge in [-0.1, -0.05) is 0 Å². The molecule has 0 aliphatic carbocycles. The number of benzene rings is 1. The van der Waals surface area contributed by atoms with Crippen molar-refractivity contribution in [2.75, 3.05) is 4.72 Å². The molecule has 0 saturated carbocycles. The van der Waals surface area contributed by atoms with Crippen molar-refractivity contribution in [3.05, 3.63) is 35.4 Å². The third-order valence-electron chi connectivity index (χ3n) is 2.22. The Balaban J connectivity index is 2.37. The summed E-state index contributed by atoms with van der Waals surface area (Å²) < 4.78 is 43.5. The average molecular weight is 317 g/mol. The van der Waals surface area contributed by atoms with Crippen molar-refractivity contribution in [3.8, 4) is 0 Å². The smallest absolute Gasteiger partial charge is 0.335 e. The number of rotatable bonds is 4. The zero-order chi connectivity index (χ0) is 14.9. The van der Waals surface area contributed by atoms with E-state index in [0.717, 1.165) is 23.7 Å². The van der Waals surface area contributed by atoms with Gasteiger partial charge >= 0.3 is 5.97 Å². The van der Waals surface area contributed by atoms with Crippen LogP contribution in [0.15, 0.2) is 23.1 Å². The maximum atomic E-state index is 13.7. The molecule has 0 bridgehead atoms. The molecule has 1 aromatic heterocycles. The number of nitrogens with one attached hydrogen (secondary N) is 1. The first kappa shape index (κ1) is 14.3.